The zero-order valence-corrected chi connectivity index (χ0v) is 13.9. The molecule has 0 unspecified atom stereocenters. The van der Waals surface area contributed by atoms with Crippen LogP contribution in [0.5, 0.6) is 0 Å². The first-order valence-corrected chi connectivity index (χ1v) is 8.67. The molecule has 0 radical (unpaired) electrons. The third-order valence-corrected chi connectivity index (χ3v) is 4.70. The molecule has 0 heterocycles. The minimum atomic E-state index is -3.56. The van der Waals surface area contributed by atoms with E-state index in [0.29, 0.717) is 12.1 Å². The van der Waals surface area contributed by atoms with Crippen LogP contribution in [0.4, 0.5) is 5.69 Å². The number of hydrogen-bond acceptors (Lipinski definition) is 2. The van der Waals surface area contributed by atoms with Crippen molar-refractivity contribution >= 4 is 15.7 Å². The standard InChI is InChI=1S/C18H21NO2S/c1-14(2)8-11-16-6-4-5-7-18(16)19-22(20,21)17-12-9-15(3)10-13-17/h4-10,12-13,19H,11H2,1-3H3. The van der Waals surface area contributed by atoms with E-state index < -0.39 is 10.0 Å². The summed E-state index contributed by atoms with van der Waals surface area (Å²) in [5, 5.41) is 0. The maximum absolute atomic E-state index is 12.5. The van der Waals surface area contributed by atoms with Gasteiger partial charge in [0.15, 0.2) is 0 Å². The van der Waals surface area contributed by atoms with E-state index in [1.165, 1.54) is 5.57 Å². The molecular formula is C18H21NO2S. The number of hydrogen-bond donors (Lipinski definition) is 1. The number of aryl methyl sites for hydroxylation is 1. The number of allylic oxidation sites excluding steroid dienone is 2. The zero-order chi connectivity index (χ0) is 16.2. The van der Waals surface area contributed by atoms with Crippen molar-refractivity contribution in [3.63, 3.8) is 0 Å². The fourth-order valence-corrected chi connectivity index (χ4v) is 3.13. The molecule has 0 fully saturated rings. The molecule has 0 saturated carbocycles. The molecule has 0 atom stereocenters. The van der Waals surface area contributed by atoms with Crippen molar-refractivity contribution in [2.24, 2.45) is 0 Å². The summed E-state index contributed by atoms with van der Waals surface area (Å²) in [5.41, 5.74) is 3.82. The zero-order valence-electron chi connectivity index (χ0n) is 13.1. The normalized spacial score (nSPS) is 11.0. The Morgan fingerprint density at radius 2 is 1.68 bits per heavy atom. The third kappa shape index (κ3) is 4.21. The Morgan fingerprint density at radius 3 is 2.32 bits per heavy atom. The van der Waals surface area contributed by atoms with E-state index in [1.54, 1.807) is 30.3 Å². The number of benzene rings is 2. The molecule has 0 aromatic heterocycles. The first-order valence-electron chi connectivity index (χ1n) is 7.19. The first-order chi connectivity index (χ1) is 10.4. The van der Waals surface area contributed by atoms with Gasteiger partial charge in [-0.15, -0.1) is 0 Å². The molecule has 0 bridgehead atoms. The van der Waals surface area contributed by atoms with Crippen LogP contribution in [-0.4, -0.2) is 8.42 Å². The quantitative estimate of drug-likeness (QED) is 0.836. The smallest absolute Gasteiger partial charge is 0.261 e. The van der Waals surface area contributed by atoms with Crippen molar-refractivity contribution in [2.75, 3.05) is 4.72 Å². The molecule has 2 aromatic rings. The molecule has 4 heteroatoms. The molecule has 0 aliphatic rings. The molecule has 2 rings (SSSR count). The summed E-state index contributed by atoms with van der Waals surface area (Å²) in [7, 11) is -3.56. The summed E-state index contributed by atoms with van der Waals surface area (Å²) in [6.07, 6.45) is 2.79. The minimum absolute atomic E-state index is 0.273. The second kappa shape index (κ2) is 6.79. The van der Waals surface area contributed by atoms with E-state index in [-0.39, 0.29) is 4.90 Å². The molecule has 0 spiro atoms. The van der Waals surface area contributed by atoms with E-state index in [9.17, 15) is 8.42 Å². The predicted octanol–water partition coefficient (Wildman–Crippen LogP) is 4.30. The SMILES string of the molecule is CC(C)=CCc1ccccc1NS(=O)(=O)c1ccc(C)cc1. The van der Waals surface area contributed by atoms with Crippen molar-refractivity contribution in [1.29, 1.82) is 0 Å². The van der Waals surface area contributed by atoms with Crippen molar-refractivity contribution in [2.45, 2.75) is 32.1 Å². The van der Waals surface area contributed by atoms with Gasteiger partial charge in [-0.2, -0.15) is 0 Å². The Labute approximate surface area is 132 Å². The van der Waals surface area contributed by atoms with E-state index in [0.717, 1.165) is 11.1 Å². The molecule has 0 aliphatic heterocycles. The molecule has 0 amide bonds. The van der Waals surface area contributed by atoms with Crippen molar-refractivity contribution in [3.8, 4) is 0 Å². The van der Waals surface area contributed by atoms with Crippen LogP contribution in [-0.2, 0) is 16.4 Å². The second-order valence-electron chi connectivity index (χ2n) is 5.56. The largest absolute Gasteiger partial charge is 0.279 e. The summed E-state index contributed by atoms with van der Waals surface area (Å²) in [5.74, 6) is 0. The number of rotatable bonds is 5. The molecule has 3 nitrogen and oxygen atoms in total. The van der Waals surface area contributed by atoms with Crippen LogP contribution in [0.25, 0.3) is 0 Å². The summed E-state index contributed by atoms with van der Waals surface area (Å²) >= 11 is 0. The second-order valence-corrected chi connectivity index (χ2v) is 7.24. The lowest BCUT2D eigenvalue weighted by Gasteiger charge is -2.12. The molecule has 1 N–H and O–H groups in total. The van der Waals surface area contributed by atoms with Crippen LogP contribution in [0.2, 0.25) is 0 Å². The Kier molecular flexibility index (Phi) is 5.03. The molecule has 2 aromatic carbocycles. The Hall–Kier alpha value is -2.07. The van der Waals surface area contributed by atoms with Crippen molar-refractivity contribution in [3.05, 3.63) is 71.3 Å². The van der Waals surface area contributed by atoms with Gasteiger partial charge in [0.05, 0.1) is 10.6 Å². The van der Waals surface area contributed by atoms with Gasteiger partial charge in [0.25, 0.3) is 10.0 Å². The number of sulfonamides is 1. The highest BCUT2D eigenvalue weighted by molar-refractivity contribution is 7.92. The third-order valence-electron chi connectivity index (χ3n) is 3.32. The van der Waals surface area contributed by atoms with Gasteiger partial charge in [-0.25, -0.2) is 8.42 Å². The summed E-state index contributed by atoms with van der Waals surface area (Å²) in [4.78, 5) is 0.273. The van der Waals surface area contributed by atoms with Crippen LogP contribution in [0, 0.1) is 6.92 Å². The molecule has 0 aliphatic carbocycles. The minimum Gasteiger partial charge on any atom is -0.279 e. The molecule has 0 saturated heterocycles. The van der Waals surface area contributed by atoms with Crippen molar-refractivity contribution in [1.82, 2.24) is 0 Å². The van der Waals surface area contributed by atoms with E-state index in [4.69, 9.17) is 0 Å². The van der Waals surface area contributed by atoms with Crippen molar-refractivity contribution < 1.29 is 8.42 Å². The summed E-state index contributed by atoms with van der Waals surface area (Å²) in [6, 6.07) is 14.3. The topological polar surface area (TPSA) is 46.2 Å². The Morgan fingerprint density at radius 1 is 1.05 bits per heavy atom. The van der Waals surface area contributed by atoms with Crippen LogP contribution in [0.1, 0.15) is 25.0 Å². The summed E-state index contributed by atoms with van der Waals surface area (Å²) < 4.78 is 27.6. The lowest BCUT2D eigenvalue weighted by Crippen LogP contribution is -2.14. The molecule has 116 valence electrons. The van der Waals surface area contributed by atoms with Gasteiger partial charge in [-0.3, -0.25) is 4.72 Å². The van der Waals surface area contributed by atoms with Crippen LogP contribution in [0.15, 0.2) is 65.1 Å². The fraction of sp³-hybridized carbons (Fsp3) is 0.222. The average Bonchev–Trinajstić information content (AvgIpc) is 2.46. The van der Waals surface area contributed by atoms with Crippen LogP contribution >= 0.6 is 0 Å². The van der Waals surface area contributed by atoms with E-state index >= 15 is 0 Å². The monoisotopic (exact) mass is 315 g/mol. The maximum atomic E-state index is 12.5. The number of anilines is 1. The predicted molar refractivity (Wildman–Crippen MR) is 91.6 cm³/mol. The maximum Gasteiger partial charge on any atom is 0.261 e. The van der Waals surface area contributed by atoms with E-state index in [1.807, 2.05) is 39.0 Å². The molecule has 22 heavy (non-hydrogen) atoms. The lowest BCUT2D eigenvalue weighted by atomic mass is 10.1. The van der Waals surface area contributed by atoms with Gasteiger partial charge >= 0.3 is 0 Å². The van der Waals surface area contributed by atoms with Crippen LogP contribution < -0.4 is 4.72 Å². The highest BCUT2D eigenvalue weighted by Gasteiger charge is 2.15. The lowest BCUT2D eigenvalue weighted by molar-refractivity contribution is 0.601. The molecular weight excluding hydrogens is 294 g/mol. The number of para-hydroxylation sites is 1. The van der Waals surface area contributed by atoms with Gasteiger partial charge in [0.2, 0.25) is 0 Å². The van der Waals surface area contributed by atoms with Crippen LogP contribution in [0.3, 0.4) is 0 Å². The Balaban J connectivity index is 2.30. The average molecular weight is 315 g/mol. The Bertz CT molecular complexity index is 771. The fourth-order valence-electron chi connectivity index (χ4n) is 2.03. The van der Waals surface area contributed by atoms with E-state index in [2.05, 4.69) is 10.8 Å². The van der Waals surface area contributed by atoms with Gasteiger partial charge in [-0.05, 0) is 51.0 Å². The summed E-state index contributed by atoms with van der Waals surface area (Å²) in [6.45, 7) is 5.98. The number of nitrogens with one attached hydrogen (secondary N) is 1. The van der Waals surface area contributed by atoms with Gasteiger partial charge in [0, 0.05) is 0 Å². The highest BCUT2D eigenvalue weighted by atomic mass is 32.2. The van der Waals surface area contributed by atoms with Gasteiger partial charge < -0.3 is 0 Å². The highest BCUT2D eigenvalue weighted by Crippen LogP contribution is 2.21. The van der Waals surface area contributed by atoms with Gasteiger partial charge in [-0.1, -0.05) is 47.5 Å². The van der Waals surface area contributed by atoms with Gasteiger partial charge in [0.1, 0.15) is 0 Å². The first kappa shape index (κ1) is 16.3.